The molecule has 39 heavy (non-hydrogen) atoms. The molecular formula is C30H20F6N2O. The van der Waals surface area contributed by atoms with E-state index in [0.717, 1.165) is 35.4 Å². The number of halogens is 6. The highest BCUT2D eigenvalue weighted by Gasteiger charge is 2.31. The summed E-state index contributed by atoms with van der Waals surface area (Å²) >= 11 is 0. The largest absolute Gasteiger partial charge is 0.416 e. The molecule has 0 saturated heterocycles. The van der Waals surface area contributed by atoms with Crippen molar-refractivity contribution < 1.29 is 31.1 Å². The lowest BCUT2D eigenvalue weighted by molar-refractivity contribution is -0.138. The fourth-order valence-electron chi connectivity index (χ4n) is 3.81. The molecule has 0 atom stereocenters. The summed E-state index contributed by atoms with van der Waals surface area (Å²) in [4.78, 5) is 16.8. The number of nitrogens with one attached hydrogen (secondary N) is 1. The molecular weight excluding hydrogens is 518 g/mol. The van der Waals surface area contributed by atoms with Gasteiger partial charge in [0.1, 0.15) is 0 Å². The number of rotatable bonds is 6. The maximum atomic E-state index is 13.0. The van der Waals surface area contributed by atoms with Gasteiger partial charge in [-0.1, -0.05) is 60.7 Å². The van der Waals surface area contributed by atoms with Gasteiger partial charge in [-0.3, -0.25) is 9.78 Å². The number of amides is 1. The first-order valence-corrected chi connectivity index (χ1v) is 11.6. The molecule has 0 spiro atoms. The minimum atomic E-state index is -4.54. The van der Waals surface area contributed by atoms with Gasteiger partial charge in [-0.05, 0) is 53.1 Å². The molecule has 4 rings (SSSR count). The number of pyridine rings is 1. The fourth-order valence-corrected chi connectivity index (χ4v) is 3.81. The predicted molar refractivity (Wildman–Crippen MR) is 137 cm³/mol. The molecule has 3 aromatic carbocycles. The van der Waals surface area contributed by atoms with E-state index in [9.17, 15) is 31.1 Å². The Kier molecular flexibility index (Phi) is 7.99. The van der Waals surface area contributed by atoms with E-state index in [0.29, 0.717) is 22.4 Å². The number of carbonyl (C=O) groups excluding carboxylic acids is 1. The maximum absolute atomic E-state index is 13.0. The van der Waals surface area contributed by atoms with Crippen LogP contribution in [0.25, 0.3) is 16.7 Å². The van der Waals surface area contributed by atoms with Crippen LogP contribution in [-0.4, -0.2) is 10.9 Å². The molecule has 0 aliphatic carbocycles. The topological polar surface area (TPSA) is 42.0 Å². The molecule has 1 amide bonds. The van der Waals surface area contributed by atoms with Crippen LogP contribution in [-0.2, 0) is 17.1 Å². The van der Waals surface area contributed by atoms with Gasteiger partial charge in [-0.25, -0.2) is 0 Å². The minimum Gasteiger partial charge on any atom is -0.322 e. The summed E-state index contributed by atoms with van der Waals surface area (Å²) in [5.41, 5.74) is 1.35. The smallest absolute Gasteiger partial charge is 0.322 e. The molecule has 3 nitrogen and oxygen atoms in total. The van der Waals surface area contributed by atoms with Crippen LogP contribution in [0.2, 0.25) is 0 Å². The first kappa shape index (κ1) is 27.4. The number of aromatic nitrogens is 1. The van der Waals surface area contributed by atoms with Gasteiger partial charge in [-0.15, -0.1) is 0 Å². The highest BCUT2D eigenvalue weighted by Crippen LogP contribution is 2.34. The van der Waals surface area contributed by atoms with Crippen LogP contribution in [0.1, 0.15) is 22.3 Å². The van der Waals surface area contributed by atoms with Crippen molar-refractivity contribution in [2.24, 2.45) is 0 Å². The maximum Gasteiger partial charge on any atom is 0.416 e. The standard InChI is InChI=1S/C30H20F6N2O/c31-29(32,33)23-14-10-20(11-15-23)25(21-12-16-24(17-13-21)30(34,35)36)7-3-9-28(39)38-27-8-2-1-6-26(27)22-5-4-18-37-19-22/h1-19H,(H,38,39)/b9-3+. The average molecular weight is 538 g/mol. The van der Waals surface area contributed by atoms with E-state index in [1.54, 1.807) is 30.6 Å². The Bertz CT molecular complexity index is 1430. The fraction of sp³-hybridized carbons (Fsp3) is 0.0667. The number of allylic oxidation sites excluding steroid dienone is 2. The molecule has 1 heterocycles. The van der Waals surface area contributed by atoms with Crippen LogP contribution >= 0.6 is 0 Å². The zero-order valence-corrected chi connectivity index (χ0v) is 20.1. The van der Waals surface area contributed by atoms with Crippen LogP contribution in [0.4, 0.5) is 32.0 Å². The molecule has 0 aliphatic rings. The first-order valence-electron chi connectivity index (χ1n) is 11.6. The molecule has 0 bridgehead atoms. The van der Waals surface area contributed by atoms with Crippen molar-refractivity contribution in [2.75, 3.05) is 5.32 Å². The lowest BCUT2D eigenvalue weighted by Crippen LogP contribution is -2.08. The summed E-state index contributed by atoms with van der Waals surface area (Å²) in [6.45, 7) is 0. The van der Waals surface area contributed by atoms with E-state index >= 15 is 0 Å². The van der Waals surface area contributed by atoms with Crippen LogP contribution in [0.3, 0.4) is 0 Å². The van der Waals surface area contributed by atoms with Gasteiger partial charge < -0.3 is 5.32 Å². The number of nitrogens with zero attached hydrogens (tertiary/aromatic N) is 1. The number of benzene rings is 3. The first-order chi connectivity index (χ1) is 18.5. The second-order valence-corrected chi connectivity index (χ2v) is 8.37. The molecule has 0 fully saturated rings. The van der Waals surface area contributed by atoms with Gasteiger partial charge in [0.2, 0.25) is 5.91 Å². The van der Waals surface area contributed by atoms with Crippen LogP contribution in [0.15, 0.2) is 116 Å². The Morgan fingerprint density at radius 1 is 0.718 bits per heavy atom. The molecule has 1 N–H and O–H groups in total. The number of para-hydroxylation sites is 1. The van der Waals surface area contributed by atoms with Crippen LogP contribution in [0, 0.1) is 0 Å². The lowest BCUT2D eigenvalue weighted by atomic mass is 9.95. The zero-order chi connectivity index (χ0) is 28.0. The van der Waals surface area contributed by atoms with Gasteiger partial charge >= 0.3 is 12.4 Å². The van der Waals surface area contributed by atoms with E-state index in [4.69, 9.17) is 0 Å². The number of carbonyl (C=O) groups is 1. The molecule has 0 unspecified atom stereocenters. The third kappa shape index (κ3) is 7.01. The van der Waals surface area contributed by atoms with Crippen molar-refractivity contribution in [1.82, 2.24) is 4.98 Å². The van der Waals surface area contributed by atoms with Crippen molar-refractivity contribution in [3.8, 4) is 11.1 Å². The summed E-state index contributed by atoms with van der Waals surface area (Å²) in [5.74, 6) is -0.484. The molecule has 0 radical (unpaired) electrons. The minimum absolute atomic E-state index is 0.328. The quantitative estimate of drug-likeness (QED) is 0.152. The van der Waals surface area contributed by atoms with Crippen LogP contribution < -0.4 is 5.32 Å². The van der Waals surface area contributed by atoms with E-state index in [1.165, 1.54) is 42.5 Å². The molecule has 4 aromatic rings. The summed E-state index contributed by atoms with van der Waals surface area (Å²) in [5, 5.41) is 2.78. The molecule has 198 valence electrons. The highest BCUT2D eigenvalue weighted by molar-refractivity contribution is 6.02. The van der Waals surface area contributed by atoms with Gasteiger partial charge in [-0.2, -0.15) is 26.3 Å². The number of anilines is 1. The van der Waals surface area contributed by atoms with Gasteiger partial charge in [0, 0.05) is 35.3 Å². The summed E-state index contributed by atoms with van der Waals surface area (Å²) in [6, 6.07) is 19.2. The number of hydrogen-bond donors (Lipinski definition) is 1. The SMILES string of the molecule is O=C(/C=C/C=C(c1ccc(C(F)(F)F)cc1)c1ccc(C(F)(F)F)cc1)Nc1ccccc1-c1cccnc1. The Labute approximate surface area is 220 Å². The monoisotopic (exact) mass is 538 g/mol. The number of alkyl halides is 6. The zero-order valence-electron chi connectivity index (χ0n) is 20.1. The third-order valence-corrected chi connectivity index (χ3v) is 5.71. The van der Waals surface area contributed by atoms with Gasteiger partial charge in [0.15, 0.2) is 0 Å². The van der Waals surface area contributed by atoms with E-state index in [-0.39, 0.29) is 0 Å². The second kappa shape index (κ2) is 11.4. The summed E-state index contributed by atoms with van der Waals surface area (Å²) in [7, 11) is 0. The van der Waals surface area contributed by atoms with Crippen molar-refractivity contribution in [3.63, 3.8) is 0 Å². The highest BCUT2D eigenvalue weighted by atomic mass is 19.4. The van der Waals surface area contributed by atoms with Crippen molar-refractivity contribution >= 4 is 17.2 Å². The van der Waals surface area contributed by atoms with E-state index in [2.05, 4.69) is 10.3 Å². The number of hydrogen-bond acceptors (Lipinski definition) is 2. The average Bonchev–Trinajstić information content (AvgIpc) is 2.91. The van der Waals surface area contributed by atoms with Crippen molar-refractivity contribution in [1.29, 1.82) is 0 Å². The van der Waals surface area contributed by atoms with Gasteiger partial charge in [0.25, 0.3) is 0 Å². The predicted octanol–water partition coefficient (Wildman–Crippen LogP) is 8.41. The second-order valence-electron chi connectivity index (χ2n) is 8.37. The third-order valence-electron chi connectivity index (χ3n) is 5.71. The van der Waals surface area contributed by atoms with Gasteiger partial charge in [0.05, 0.1) is 11.1 Å². The molecule has 0 saturated carbocycles. The van der Waals surface area contributed by atoms with Crippen molar-refractivity contribution in [3.05, 3.63) is 138 Å². The Morgan fingerprint density at radius 3 is 1.79 bits per heavy atom. The Morgan fingerprint density at radius 2 is 1.28 bits per heavy atom. The summed E-state index contributed by atoms with van der Waals surface area (Å²) in [6.07, 6.45) is -1.74. The summed E-state index contributed by atoms with van der Waals surface area (Å²) < 4.78 is 78.2. The normalized spacial score (nSPS) is 11.8. The van der Waals surface area contributed by atoms with E-state index < -0.39 is 29.4 Å². The molecule has 1 aromatic heterocycles. The van der Waals surface area contributed by atoms with Crippen molar-refractivity contribution in [2.45, 2.75) is 12.4 Å². The Balaban J connectivity index is 1.62. The molecule has 9 heteroatoms. The van der Waals surface area contributed by atoms with E-state index in [1.807, 2.05) is 18.2 Å². The lowest BCUT2D eigenvalue weighted by Gasteiger charge is -2.12. The Hall–Kier alpha value is -4.66. The van der Waals surface area contributed by atoms with Crippen LogP contribution in [0.5, 0.6) is 0 Å². The molecule has 0 aliphatic heterocycles.